The maximum Gasteiger partial charge on any atom is 0.460 e. The number of carbonyl (C=O) groups is 1. The molecule has 1 aromatic carbocycles. The van der Waals surface area contributed by atoms with Crippen LogP contribution in [-0.4, -0.2) is 60.1 Å². The number of amides is 1. The Kier molecular flexibility index (Phi) is 8.69. The minimum absolute atomic E-state index is 0.0927. The summed E-state index contributed by atoms with van der Waals surface area (Å²) in [6, 6.07) is 3.09. The zero-order valence-corrected chi connectivity index (χ0v) is 18.3. The second-order valence-electron chi connectivity index (χ2n) is 7.90. The number of hydrogen-bond donors (Lipinski definition) is 3. The van der Waals surface area contributed by atoms with Crippen LogP contribution in [0.25, 0.3) is 0 Å². The average Bonchev–Trinajstić information content (AvgIpc) is 2.74. The van der Waals surface area contributed by atoms with Gasteiger partial charge in [-0.3, -0.25) is 4.79 Å². The third-order valence-corrected chi connectivity index (χ3v) is 4.98. The van der Waals surface area contributed by atoms with Gasteiger partial charge in [-0.2, -0.15) is 74.6 Å². The fraction of sp³-hybridized carbons (Fsp3) is 0.611. The van der Waals surface area contributed by atoms with E-state index in [1.807, 2.05) is 0 Å². The van der Waals surface area contributed by atoms with Crippen LogP contribution < -0.4 is 16.8 Å². The molecular formula is C18H14F17N3O. The third-order valence-electron chi connectivity index (χ3n) is 4.98. The topological polar surface area (TPSA) is 81.1 Å². The summed E-state index contributed by atoms with van der Waals surface area (Å²) in [7, 11) is 0. The van der Waals surface area contributed by atoms with E-state index in [2.05, 4.69) is 0 Å². The monoisotopic (exact) mass is 611 g/mol. The number of halogens is 17. The molecule has 0 heterocycles. The molecule has 5 N–H and O–H groups in total. The predicted octanol–water partition coefficient (Wildman–Crippen LogP) is 6.37. The van der Waals surface area contributed by atoms with Crippen molar-refractivity contribution in [2.24, 2.45) is 0 Å². The number of benzene rings is 1. The van der Waals surface area contributed by atoms with Gasteiger partial charge in [0.15, 0.2) is 0 Å². The van der Waals surface area contributed by atoms with Gasteiger partial charge in [-0.1, -0.05) is 0 Å². The number of alkyl halides is 17. The molecule has 0 saturated carbocycles. The number of nitrogens with one attached hydrogen (secondary N) is 1. The standard InChI is InChI=1S/C18H14F17N3O/c19-11(20,2-1-3-38-10(39)7-4-8(36)6-9(37)5-7)12(21,22)13(23,24)14(25,26)15(27,28)16(29,30)17(31,32)18(33,34)35/h4-6H,1-3,36-37H2,(H,38,39). The Morgan fingerprint density at radius 1 is 0.590 bits per heavy atom. The van der Waals surface area contributed by atoms with Crippen molar-refractivity contribution >= 4 is 17.3 Å². The summed E-state index contributed by atoms with van der Waals surface area (Å²) in [6.45, 7) is -1.12. The van der Waals surface area contributed by atoms with E-state index in [0.29, 0.717) is 0 Å². The third kappa shape index (κ3) is 5.44. The molecule has 0 unspecified atom stereocenters. The smallest absolute Gasteiger partial charge is 0.399 e. The van der Waals surface area contributed by atoms with Crippen molar-refractivity contribution in [3.05, 3.63) is 23.8 Å². The van der Waals surface area contributed by atoms with Gasteiger partial charge in [0.1, 0.15) is 0 Å². The molecule has 0 atom stereocenters. The van der Waals surface area contributed by atoms with E-state index >= 15 is 0 Å². The fourth-order valence-corrected chi connectivity index (χ4v) is 2.78. The van der Waals surface area contributed by atoms with Gasteiger partial charge in [-0.05, 0) is 24.6 Å². The molecule has 0 spiro atoms. The van der Waals surface area contributed by atoms with E-state index < -0.39 is 72.9 Å². The van der Waals surface area contributed by atoms with E-state index in [9.17, 15) is 79.4 Å². The SMILES string of the molecule is Nc1cc(N)cc(C(=O)NCCCC(F)(F)C(F)(F)C(F)(F)C(F)(F)C(F)(F)C(F)(F)C(F)(F)C(F)(F)F)c1. The van der Waals surface area contributed by atoms with Crippen LogP contribution in [-0.2, 0) is 0 Å². The van der Waals surface area contributed by atoms with Crippen LogP contribution in [0.3, 0.4) is 0 Å². The van der Waals surface area contributed by atoms with Crippen LogP contribution in [0.5, 0.6) is 0 Å². The van der Waals surface area contributed by atoms with Gasteiger partial charge < -0.3 is 16.8 Å². The van der Waals surface area contributed by atoms with Crippen molar-refractivity contribution in [2.75, 3.05) is 18.0 Å². The van der Waals surface area contributed by atoms with Gasteiger partial charge >= 0.3 is 47.6 Å². The van der Waals surface area contributed by atoms with Crippen LogP contribution in [0.1, 0.15) is 23.2 Å². The van der Waals surface area contributed by atoms with E-state index in [0.717, 1.165) is 18.2 Å². The quantitative estimate of drug-likeness (QED) is 0.155. The second kappa shape index (κ2) is 9.93. The predicted molar refractivity (Wildman–Crippen MR) is 97.5 cm³/mol. The lowest BCUT2D eigenvalue weighted by molar-refractivity contribution is -0.461. The zero-order chi connectivity index (χ0) is 31.3. The van der Waals surface area contributed by atoms with Crippen LogP contribution in [0.4, 0.5) is 86.0 Å². The Labute approximate surface area is 205 Å². The van der Waals surface area contributed by atoms with Gasteiger partial charge in [0, 0.05) is 29.9 Å². The van der Waals surface area contributed by atoms with Gasteiger partial charge in [0.25, 0.3) is 5.91 Å². The summed E-state index contributed by atoms with van der Waals surface area (Å²) in [5.74, 6) is -57.8. The first-order valence-corrected chi connectivity index (χ1v) is 9.68. The lowest BCUT2D eigenvalue weighted by Crippen LogP contribution is -2.74. The molecule has 1 amide bonds. The van der Waals surface area contributed by atoms with Crippen molar-refractivity contribution in [2.45, 2.75) is 60.5 Å². The van der Waals surface area contributed by atoms with Gasteiger partial charge in [-0.25, -0.2) is 0 Å². The normalized spacial score (nSPS) is 14.9. The van der Waals surface area contributed by atoms with Gasteiger partial charge in [-0.15, -0.1) is 0 Å². The van der Waals surface area contributed by atoms with Crippen molar-refractivity contribution < 1.29 is 79.4 Å². The summed E-state index contributed by atoms with van der Waals surface area (Å²) in [4.78, 5) is 11.8. The van der Waals surface area contributed by atoms with E-state index in [1.165, 1.54) is 0 Å². The highest BCUT2D eigenvalue weighted by Crippen LogP contribution is 2.64. The Bertz CT molecular complexity index is 1030. The molecular weight excluding hydrogens is 597 g/mol. The summed E-state index contributed by atoms with van der Waals surface area (Å²) in [5.41, 5.74) is 10.2. The van der Waals surface area contributed by atoms with E-state index in [4.69, 9.17) is 11.5 Å². The average molecular weight is 611 g/mol. The highest BCUT2D eigenvalue weighted by molar-refractivity contribution is 5.96. The Hall–Kier alpha value is -2.90. The van der Waals surface area contributed by atoms with Crippen molar-refractivity contribution in [3.63, 3.8) is 0 Å². The number of anilines is 2. The van der Waals surface area contributed by atoms with Crippen molar-refractivity contribution in [1.82, 2.24) is 5.32 Å². The van der Waals surface area contributed by atoms with Crippen LogP contribution in [0, 0.1) is 0 Å². The highest BCUT2D eigenvalue weighted by atomic mass is 19.4. The van der Waals surface area contributed by atoms with Gasteiger partial charge in [0.2, 0.25) is 0 Å². The van der Waals surface area contributed by atoms with E-state index in [-0.39, 0.29) is 16.9 Å². The zero-order valence-electron chi connectivity index (χ0n) is 18.3. The molecule has 0 aliphatic carbocycles. The number of nitrogen functional groups attached to an aromatic ring is 2. The lowest BCUT2D eigenvalue weighted by atomic mass is 9.88. The molecule has 0 saturated heterocycles. The van der Waals surface area contributed by atoms with E-state index in [1.54, 1.807) is 5.32 Å². The second-order valence-corrected chi connectivity index (χ2v) is 7.90. The molecule has 0 bridgehead atoms. The summed E-state index contributed by atoms with van der Waals surface area (Å²) in [6.07, 6.45) is -12.0. The summed E-state index contributed by atoms with van der Waals surface area (Å²) in [5, 5.41) is 1.75. The molecule has 21 heteroatoms. The minimum atomic E-state index is -8.67. The Morgan fingerprint density at radius 3 is 1.33 bits per heavy atom. The summed E-state index contributed by atoms with van der Waals surface area (Å²) < 4.78 is 225. The molecule has 0 aliphatic rings. The summed E-state index contributed by atoms with van der Waals surface area (Å²) >= 11 is 0. The minimum Gasteiger partial charge on any atom is -0.399 e. The molecule has 0 fully saturated rings. The molecule has 4 nitrogen and oxygen atoms in total. The largest absolute Gasteiger partial charge is 0.460 e. The first-order valence-electron chi connectivity index (χ1n) is 9.68. The number of rotatable bonds is 11. The van der Waals surface area contributed by atoms with Crippen molar-refractivity contribution in [1.29, 1.82) is 0 Å². The maximum atomic E-state index is 13.8. The van der Waals surface area contributed by atoms with Crippen LogP contribution in [0.2, 0.25) is 0 Å². The van der Waals surface area contributed by atoms with Gasteiger partial charge in [0.05, 0.1) is 0 Å². The number of nitrogens with two attached hydrogens (primary N) is 2. The lowest BCUT2D eigenvalue weighted by Gasteiger charge is -2.42. The molecule has 0 aliphatic heterocycles. The van der Waals surface area contributed by atoms with Crippen LogP contribution in [0.15, 0.2) is 18.2 Å². The molecule has 39 heavy (non-hydrogen) atoms. The highest BCUT2D eigenvalue weighted by Gasteiger charge is 2.95. The number of hydrogen-bond acceptors (Lipinski definition) is 3. The van der Waals surface area contributed by atoms with Crippen LogP contribution >= 0.6 is 0 Å². The molecule has 226 valence electrons. The van der Waals surface area contributed by atoms with Crippen molar-refractivity contribution in [3.8, 4) is 0 Å². The first kappa shape index (κ1) is 34.1. The molecule has 1 rings (SSSR count). The molecule has 0 aromatic heterocycles. The number of carbonyl (C=O) groups excluding carboxylic acids is 1. The fourth-order valence-electron chi connectivity index (χ4n) is 2.78. The Balaban J connectivity index is 3.19. The first-order chi connectivity index (χ1) is 17.0. The molecule has 0 radical (unpaired) electrons. The maximum absolute atomic E-state index is 13.8. The molecule has 1 aromatic rings. The Morgan fingerprint density at radius 2 is 0.949 bits per heavy atom.